The molecule has 0 bridgehead atoms. The van der Waals surface area contributed by atoms with E-state index in [0.29, 0.717) is 10.5 Å². The maximum absolute atomic E-state index is 12.3. The summed E-state index contributed by atoms with van der Waals surface area (Å²) in [5.41, 5.74) is 0.156. The summed E-state index contributed by atoms with van der Waals surface area (Å²) in [5, 5.41) is 24.0. The number of imide groups is 1. The maximum atomic E-state index is 12.3. The number of nitro benzene ring substituents is 1. The number of aromatic carboxylic acids is 1. The number of non-ortho nitro benzene ring substituents is 1. The lowest BCUT2D eigenvalue weighted by Gasteiger charge is -2.13. The number of rotatable bonds is 6. The van der Waals surface area contributed by atoms with E-state index in [1.54, 1.807) is 0 Å². The van der Waals surface area contributed by atoms with Gasteiger partial charge in [-0.15, -0.1) is 0 Å². The molecule has 3 amide bonds. The van der Waals surface area contributed by atoms with Crippen LogP contribution in [-0.2, 0) is 11.3 Å². The summed E-state index contributed by atoms with van der Waals surface area (Å²) in [7, 11) is 0. The molecule has 0 aromatic heterocycles. The lowest BCUT2D eigenvalue weighted by atomic mass is 10.1. The van der Waals surface area contributed by atoms with Crippen LogP contribution in [0, 0.1) is 10.1 Å². The van der Waals surface area contributed by atoms with Gasteiger partial charge in [-0.1, -0.05) is 24.3 Å². The van der Waals surface area contributed by atoms with Crippen molar-refractivity contribution in [2.75, 3.05) is 6.54 Å². The number of carboxylic acids is 1. The Hall–Kier alpha value is -4.08. The number of benzene rings is 2. The van der Waals surface area contributed by atoms with Crippen LogP contribution >= 0.6 is 0 Å². The van der Waals surface area contributed by atoms with E-state index < -0.39 is 35.2 Å². The number of amides is 3. The lowest BCUT2D eigenvalue weighted by Crippen LogP contribution is -2.40. The lowest BCUT2D eigenvalue weighted by molar-refractivity contribution is -0.384. The van der Waals surface area contributed by atoms with E-state index in [0.717, 1.165) is 12.1 Å². The van der Waals surface area contributed by atoms with Crippen LogP contribution in [0.1, 0.15) is 36.6 Å². The fraction of sp³-hybridized carbons (Fsp3) is 0.111. The monoisotopic (exact) mass is 382 g/mol. The fourth-order valence-electron chi connectivity index (χ4n) is 2.69. The van der Waals surface area contributed by atoms with Crippen LogP contribution in [0.3, 0.4) is 0 Å². The van der Waals surface area contributed by atoms with E-state index in [2.05, 4.69) is 5.32 Å². The minimum Gasteiger partial charge on any atom is -0.545 e. The van der Waals surface area contributed by atoms with E-state index in [1.807, 2.05) is 0 Å². The standard InChI is InChI=1S/C18H13N3O7/c22-15(19-8-10-1-3-11(4-2-10)18(25)26)9-20-16(23)13-6-5-12(21(27)28)7-14(13)17(20)24/h1-7H,8-9H2,(H,19,22)(H,25,26)/p-1. The Balaban J connectivity index is 1.64. The average molecular weight is 382 g/mol. The van der Waals surface area contributed by atoms with Crippen molar-refractivity contribution in [1.82, 2.24) is 10.2 Å². The Labute approximate surface area is 157 Å². The summed E-state index contributed by atoms with van der Waals surface area (Å²) >= 11 is 0. The van der Waals surface area contributed by atoms with E-state index >= 15 is 0 Å². The van der Waals surface area contributed by atoms with E-state index in [9.17, 15) is 34.4 Å². The molecular weight excluding hydrogens is 370 g/mol. The fourth-order valence-corrected chi connectivity index (χ4v) is 2.69. The van der Waals surface area contributed by atoms with Crippen molar-refractivity contribution in [3.8, 4) is 0 Å². The van der Waals surface area contributed by atoms with Crippen molar-refractivity contribution in [3.63, 3.8) is 0 Å². The van der Waals surface area contributed by atoms with Gasteiger partial charge in [-0.2, -0.15) is 0 Å². The summed E-state index contributed by atoms with van der Waals surface area (Å²) in [6.45, 7) is -0.488. The average Bonchev–Trinajstić information content (AvgIpc) is 2.91. The third kappa shape index (κ3) is 3.56. The highest BCUT2D eigenvalue weighted by Gasteiger charge is 2.37. The SMILES string of the molecule is O=C(CN1C(=O)c2ccc([N+](=O)[O-])cc2C1=O)NCc1ccc(C(=O)[O-])cc1. The van der Waals surface area contributed by atoms with Gasteiger partial charge in [-0.3, -0.25) is 29.4 Å². The van der Waals surface area contributed by atoms with Crippen LogP contribution < -0.4 is 10.4 Å². The molecule has 0 spiro atoms. The van der Waals surface area contributed by atoms with Gasteiger partial charge in [0.05, 0.1) is 22.0 Å². The zero-order valence-electron chi connectivity index (χ0n) is 14.2. The minimum absolute atomic E-state index is 0.00117. The van der Waals surface area contributed by atoms with Crippen LogP contribution in [0.2, 0.25) is 0 Å². The molecule has 0 atom stereocenters. The predicted molar refractivity (Wildman–Crippen MR) is 91.1 cm³/mol. The number of carbonyl (C=O) groups is 4. The zero-order chi connectivity index (χ0) is 20.4. The quantitative estimate of drug-likeness (QED) is 0.415. The maximum Gasteiger partial charge on any atom is 0.270 e. The number of nitrogens with zero attached hydrogens (tertiary/aromatic N) is 2. The largest absolute Gasteiger partial charge is 0.545 e. The molecule has 2 aromatic rings. The minimum atomic E-state index is -1.32. The first kappa shape index (κ1) is 18.7. The van der Waals surface area contributed by atoms with Crippen molar-refractivity contribution in [3.05, 3.63) is 74.8 Å². The number of fused-ring (bicyclic) bond motifs is 1. The summed E-state index contributed by atoms with van der Waals surface area (Å²) in [6.07, 6.45) is 0. The normalized spacial score (nSPS) is 12.6. The Morgan fingerprint density at radius 2 is 1.64 bits per heavy atom. The molecule has 0 saturated heterocycles. The Bertz CT molecular complexity index is 1010. The Morgan fingerprint density at radius 1 is 1.00 bits per heavy atom. The van der Waals surface area contributed by atoms with Gasteiger partial charge in [-0.25, -0.2) is 0 Å². The third-order valence-electron chi connectivity index (χ3n) is 4.15. The van der Waals surface area contributed by atoms with Crippen molar-refractivity contribution >= 4 is 29.4 Å². The Morgan fingerprint density at radius 3 is 2.25 bits per heavy atom. The highest BCUT2D eigenvalue weighted by molar-refractivity contribution is 6.22. The van der Waals surface area contributed by atoms with E-state index in [1.165, 1.54) is 30.3 Å². The summed E-state index contributed by atoms with van der Waals surface area (Å²) in [6, 6.07) is 8.95. The van der Waals surface area contributed by atoms with Gasteiger partial charge >= 0.3 is 0 Å². The van der Waals surface area contributed by atoms with Crippen molar-refractivity contribution in [2.24, 2.45) is 0 Å². The zero-order valence-corrected chi connectivity index (χ0v) is 14.2. The molecule has 1 aliphatic rings. The number of carbonyl (C=O) groups excluding carboxylic acids is 4. The van der Waals surface area contributed by atoms with Crippen molar-refractivity contribution in [2.45, 2.75) is 6.54 Å². The number of nitrogens with one attached hydrogen (secondary N) is 1. The molecule has 3 rings (SSSR count). The number of nitro groups is 1. The first-order chi connectivity index (χ1) is 13.3. The van der Waals surface area contributed by atoms with Crippen LogP contribution in [0.5, 0.6) is 0 Å². The second-order valence-corrected chi connectivity index (χ2v) is 5.94. The van der Waals surface area contributed by atoms with Crippen LogP contribution in [0.25, 0.3) is 0 Å². The van der Waals surface area contributed by atoms with Gasteiger partial charge in [0.2, 0.25) is 5.91 Å². The van der Waals surface area contributed by atoms with Gasteiger partial charge < -0.3 is 15.2 Å². The number of carboxylic acid groups (broad SMARTS) is 1. The molecule has 1 heterocycles. The molecule has 142 valence electrons. The molecular formula is C18H12N3O7-. The summed E-state index contributed by atoms with van der Waals surface area (Å²) < 4.78 is 0. The molecule has 0 radical (unpaired) electrons. The second-order valence-electron chi connectivity index (χ2n) is 5.94. The second kappa shape index (κ2) is 7.27. The highest BCUT2D eigenvalue weighted by Crippen LogP contribution is 2.26. The van der Waals surface area contributed by atoms with E-state index in [4.69, 9.17) is 0 Å². The summed E-state index contributed by atoms with van der Waals surface area (Å²) in [4.78, 5) is 58.3. The smallest absolute Gasteiger partial charge is 0.270 e. The number of hydrogen-bond donors (Lipinski definition) is 1. The van der Waals surface area contributed by atoms with Crippen LogP contribution in [-0.4, -0.2) is 40.1 Å². The van der Waals surface area contributed by atoms with Gasteiger partial charge in [0, 0.05) is 18.7 Å². The molecule has 28 heavy (non-hydrogen) atoms. The van der Waals surface area contributed by atoms with Gasteiger partial charge in [0.15, 0.2) is 0 Å². The van der Waals surface area contributed by atoms with Crippen LogP contribution in [0.15, 0.2) is 42.5 Å². The molecule has 0 fully saturated rings. The van der Waals surface area contributed by atoms with Crippen molar-refractivity contribution < 1.29 is 29.2 Å². The molecule has 2 aromatic carbocycles. The first-order valence-corrected chi connectivity index (χ1v) is 7.99. The molecule has 10 nitrogen and oxygen atoms in total. The van der Waals surface area contributed by atoms with Gasteiger partial charge in [-0.05, 0) is 17.2 Å². The predicted octanol–water partition coefficient (Wildman–Crippen LogP) is -0.129. The summed E-state index contributed by atoms with van der Waals surface area (Å²) in [5.74, 6) is -3.42. The Kier molecular flexibility index (Phi) is 4.86. The highest BCUT2D eigenvalue weighted by atomic mass is 16.6. The molecule has 1 aliphatic heterocycles. The van der Waals surface area contributed by atoms with E-state index in [-0.39, 0.29) is 28.9 Å². The molecule has 1 N–H and O–H groups in total. The first-order valence-electron chi connectivity index (χ1n) is 7.99. The molecule has 0 unspecified atom stereocenters. The third-order valence-corrected chi connectivity index (χ3v) is 4.15. The topological polar surface area (TPSA) is 150 Å². The van der Waals surface area contributed by atoms with Gasteiger partial charge in [0.1, 0.15) is 6.54 Å². The van der Waals surface area contributed by atoms with Crippen molar-refractivity contribution in [1.29, 1.82) is 0 Å². The molecule has 10 heteroatoms. The van der Waals surface area contributed by atoms with Gasteiger partial charge in [0.25, 0.3) is 17.5 Å². The number of hydrogen-bond acceptors (Lipinski definition) is 7. The van der Waals surface area contributed by atoms with Crippen LogP contribution in [0.4, 0.5) is 5.69 Å². The molecule has 0 aliphatic carbocycles. The molecule has 0 saturated carbocycles.